The van der Waals surface area contributed by atoms with Gasteiger partial charge in [-0.1, -0.05) is 30.0 Å². The first-order chi connectivity index (χ1) is 14.6. The zero-order valence-electron chi connectivity index (χ0n) is 16.1. The third-order valence-corrected chi connectivity index (χ3v) is 5.98. The van der Waals surface area contributed by atoms with Crippen molar-refractivity contribution in [3.63, 3.8) is 0 Å². The summed E-state index contributed by atoms with van der Waals surface area (Å²) < 4.78 is 13.1. The Morgan fingerprint density at radius 3 is 3.00 bits per heavy atom. The number of aromatic nitrogens is 2. The molecule has 1 N–H and O–H groups in total. The van der Waals surface area contributed by atoms with E-state index in [4.69, 9.17) is 21.7 Å². The average Bonchev–Trinajstić information content (AvgIpc) is 3.46. The highest BCUT2D eigenvalue weighted by Crippen LogP contribution is 2.36. The highest BCUT2D eigenvalue weighted by Gasteiger charge is 2.32. The molecule has 0 spiro atoms. The van der Waals surface area contributed by atoms with E-state index in [1.165, 1.54) is 16.7 Å². The van der Waals surface area contributed by atoms with Crippen LogP contribution in [0.4, 0.5) is 0 Å². The van der Waals surface area contributed by atoms with Gasteiger partial charge in [-0.05, 0) is 30.2 Å². The molecule has 30 heavy (non-hydrogen) atoms. The van der Waals surface area contributed by atoms with E-state index in [1.54, 1.807) is 18.6 Å². The van der Waals surface area contributed by atoms with Gasteiger partial charge in [0.25, 0.3) is 5.91 Å². The molecule has 8 nitrogen and oxygen atoms in total. The number of amides is 2. The van der Waals surface area contributed by atoms with Gasteiger partial charge in [-0.3, -0.25) is 14.5 Å². The Kier molecular flexibility index (Phi) is 6.34. The molecule has 2 aliphatic heterocycles. The molecule has 0 atom stereocenters. The maximum absolute atomic E-state index is 12.7. The van der Waals surface area contributed by atoms with E-state index in [-0.39, 0.29) is 31.6 Å². The van der Waals surface area contributed by atoms with Crippen molar-refractivity contribution in [2.75, 3.05) is 19.9 Å². The van der Waals surface area contributed by atoms with Gasteiger partial charge < -0.3 is 19.4 Å². The number of hydrogen-bond acceptors (Lipinski definition) is 7. The SMILES string of the molecule is O=C(CCN1C(=O)/C(=C/c2ccc3c(c2)OCO3)SC1=S)NCCCn1ccnc1. The molecule has 2 amide bonds. The van der Waals surface area contributed by atoms with Gasteiger partial charge in [-0.25, -0.2) is 4.98 Å². The number of thioether (sulfide) groups is 1. The van der Waals surface area contributed by atoms with E-state index in [1.807, 2.05) is 29.0 Å². The number of imidazole rings is 1. The van der Waals surface area contributed by atoms with Crippen LogP contribution in [-0.4, -0.2) is 50.5 Å². The number of hydrogen-bond donors (Lipinski definition) is 1. The van der Waals surface area contributed by atoms with Gasteiger partial charge in [0.05, 0.1) is 11.2 Å². The molecular weight excluding hydrogens is 424 g/mol. The lowest BCUT2D eigenvalue weighted by Crippen LogP contribution is -2.34. The number of fused-ring (bicyclic) bond motifs is 1. The number of carbonyl (C=O) groups excluding carboxylic acids is 2. The molecule has 0 saturated carbocycles. The summed E-state index contributed by atoms with van der Waals surface area (Å²) in [4.78, 5) is 30.8. The average molecular weight is 445 g/mol. The summed E-state index contributed by atoms with van der Waals surface area (Å²) in [6.07, 6.45) is 8.14. The molecule has 3 heterocycles. The van der Waals surface area contributed by atoms with Crippen molar-refractivity contribution in [3.8, 4) is 11.5 Å². The van der Waals surface area contributed by atoms with Gasteiger partial charge in [-0.2, -0.15) is 0 Å². The fraction of sp³-hybridized carbons (Fsp3) is 0.300. The van der Waals surface area contributed by atoms with Crippen molar-refractivity contribution in [1.29, 1.82) is 0 Å². The largest absolute Gasteiger partial charge is 0.454 e. The molecule has 2 aromatic rings. The first-order valence-corrected chi connectivity index (χ1v) is 10.7. The van der Waals surface area contributed by atoms with E-state index < -0.39 is 0 Å². The molecule has 0 unspecified atom stereocenters. The van der Waals surface area contributed by atoms with Crippen LogP contribution < -0.4 is 14.8 Å². The molecular formula is C20H20N4O4S2. The summed E-state index contributed by atoms with van der Waals surface area (Å²) in [7, 11) is 0. The second-order valence-electron chi connectivity index (χ2n) is 6.70. The topological polar surface area (TPSA) is 85.7 Å². The van der Waals surface area contributed by atoms with E-state index >= 15 is 0 Å². The maximum Gasteiger partial charge on any atom is 0.266 e. The summed E-state index contributed by atoms with van der Waals surface area (Å²) in [5.74, 6) is 1.06. The number of carbonyl (C=O) groups is 2. The van der Waals surface area contributed by atoms with Crippen LogP contribution in [0.5, 0.6) is 11.5 Å². The molecule has 0 aliphatic carbocycles. The predicted octanol–water partition coefficient (Wildman–Crippen LogP) is 2.41. The van der Waals surface area contributed by atoms with E-state index in [0.29, 0.717) is 27.3 Å². The van der Waals surface area contributed by atoms with Gasteiger partial charge in [0.15, 0.2) is 11.5 Å². The van der Waals surface area contributed by atoms with Gasteiger partial charge in [0.1, 0.15) is 4.32 Å². The lowest BCUT2D eigenvalue weighted by molar-refractivity contribution is -0.123. The number of thiocarbonyl (C=S) groups is 1. The van der Waals surface area contributed by atoms with Crippen molar-refractivity contribution >= 4 is 46.2 Å². The standard InChI is InChI=1S/C20H20N4O4S2/c25-18(22-5-1-7-23-9-6-21-12-23)4-8-24-19(26)17(30-20(24)29)11-14-2-3-15-16(10-14)28-13-27-15/h2-3,6,9-12H,1,4-5,7-8,13H2,(H,22,25)/b17-11-. The minimum Gasteiger partial charge on any atom is -0.454 e. The number of ether oxygens (including phenoxy) is 2. The van der Waals surface area contributed by atoms with Crippen LogP contribution in [0.3, 0.4) is 0 Å². The van der Waals surface area contributed by atoms with Crippen molar-refractivity contribution in [1.82, 2.24) is 19.8 Å². The maximum atomic E-state index is 12.7. The molecule has 1 fully saturated rings. The second-order valence-corrected chi connectivity index (χ2v) is 8.38. The minimum atomic E-state index is -0.185. The second kappa shape index (κ2) is 9.31. The predicted molar refractivity (Wildman–Crippen MR) is 117 cm³/mol. The fourth-order valence-corrected chi connectivity index (χ4v) is 4.37. The number of nitrogens with one attached hydrogen (secondary N) is 1. The Labute approximate surface area is 183 Å². The molecule has 2 aliphatic rings. The quantitative estimate of drug-likeness (QED) is 0.380. The van der Waals surface area contributed by atoms with Crippen LogP contribution in [0.1, 0.15) is 18.4 Å². The first-order valence-electron chi connectivity index (χ1n) is 9.47. The molecule has 156 valence electrons. The highest BCUT2D eigenvalue weighted by atomic mass is 32.2. The number of aryl methyl sites for hydroxylation is 1. The smallest absolute Gasteiger partial charge is 0.266 e. The Bertz CT molecular complexity index is 991. The van der Waals surface area contributed by atoms with E-state index in [0.717, 1.165) is 18.5 Å². The Hall–Kier alpha value is -2.85. The van der Waals surface area contributed by atoms with Gasteiger partial charge >= 0.3 is 0 Å². The molecule has 4 rings (SSSR count). The van der Waals surface area contributed by atoms with Crippen LogP contribution in [-0.2, 0) is 16.1 Å². The summed E-state index contributed by atoms with van der Waals surface area (Å²) in [5, 5.41) is 2.87. The lowest BCUT2D eigenvalue weighted by atomic mass is 10.2. The highest BCUT2D eigenvalue weighted by molar-refractivity contribution is 8.26. The Morgan fingerprint density at radius 1 is 1.30 bits per heavy atom. The van der Waals surface area contributed by atoms with Gasteiger partial charge in [0, 0.05) is 38.4 Å². The van der Waals surface area contributed by atoms with Crippen LogP contribution in [0.15, 0.2) is 41.8 Å². The van der Waals surface area contributed by atoms with Crippen molar-refractivity contribution in [2.45, 2.75) is 19.4 Å². The summed E-state index contributed by atoms with van der Waals surface area (Å²) >= 11 is 6.57. The molecule has 0 bridgehead atoms. The fourth-order valence-electron chi connectivity index (χ4n) is 3.06. The van der Waals surface area contributed by atoms with Crippen LogP contribution in [0.25, 0.3) is 6.08 Å². The van der Waals surface area contributed by atoms with Crippen molar-refractivity contribution in [2.24, 2.45) is 0 Å². The molecule has 1 saturated heterocycles. The third-order valence-electron chi connectivity index (χ3n) is 4.60. The van der Waals surface area contributed by atoms with Crippen LogP contribution in [0, 0.1) is 0 Å². The Balaban J connectivity index is 1.26. The summed E-state index contributed by atoms with van der Waals surface area (Å²) in [6.45, 7) is 1.82. The number of rotatable bonds is 8. The van der Waals surface area contributed by atoms with E-state index in [9.17, 15) is 9.59 Å². The molecule has 10 heteroatoms. The lowest BCUT2D eigenvalue weighted by Gasteiger charge is -2.14. The van der Waals surface area contributed by atoms with Gasteiger partial charge in [-0.15, -0.1) is 0 Å². The van der Waals surface area contributed by atoms with E-state index in [2.05, 4.69) is 10.3 Å². The normalized spacial score (nSPS) is 16.5. The van der Waals surface area contributed by atoms with Crippen molar-refractivity contribution < 1.29 is 19.1 Å². The summed E-state index contributed by atoms with van der Waals surface area (Å²) in [6, 6.07) is 5.50. The number of nitrogens with zero attached hydrogens (tertiary/aromatic N) is 3. The zero-order valence-corrected chi connectivity index (χ0v) is 17.7. The first kappa shape index (κ1) is 20.4. The third kappa shape index (κ3) is 4.82. The van der Waals surface area contributed by atoms with Crippen LogP contribution >= 0.6 is 24.0 Å². The molecule has 1 aromatic heterocycles. The minimum absolute atomic E-state index is 0.102. The monoisotopic (exact) mass is 444 g/mol. The number of benzene rings is 1. The molecule has 0 radical (unpaired) electrons. The Morgan fingerprint density at radius 2 is 2.17 bits per heavy atom. The van der Waals surface area contributed by atoms with Crippen LogP contribution in [0.2, 0.25) is 0 Å². The zero-order chi connectivity index (χ0) is 20.9. The van der Waals surface area contributed by atoms with Crippen molar-refractivity contribution in [3.05, 3.63) is 47.4 Å². The van der Waals surface area contributed by atoms with Gasteiger partial charge in [0.2, 0.25) is 12.7 Å². The molecule has 1 aromatic carbocycles. The summed E-state index contributed by atoms with van der Waals surface area (Å²) in [5.41, 5.74) is 0.829.